The summed E-state index contributed by atoms with van der Waals surface area (Å²) in [5.41, 5.74) is 2.77. The third-order valence-electron chi connectivity index (χ3n) is 5.96. The van der Waals surface area contributed by atoms with Gasteiger partial charge in [-0.15, -0.1) is 0 Å². The van der Waals surface area contributed by atoms with Crippen molar-refractivity contribution in [1.82, 2.24) is 16.0 Å². The first-order valence-electron chi connectivity index (χ1n) is 12.9. The maximum Gasteiger partial charge on any atom is 0.252 e. The molecule has 0 saturated carbocycles. The van der Waals surface area contributed by atoms with Gasteiger partial charge in [0.25, 0.3) is 11.8 Å². The van der Waals surface area contributed by atoms with Crippen LogP contribution in [-0.4, -0.2) is 54.8 Å². The number of carbonyl (C=O) groups excluding carboxylic acids is 3. The number of rotatable bonds is 15. The molecule has 0 saturated heterocycles. The van der Waals surface area contributed by atoms with Crippen LogP contribution in [-0.2, 0) is 20.8 Å². The van der Waals surface area contributed by atoms with E-state index < -0.39 is 29.7 Å². The summed E-state index contributed by atoms with van der Waals surface area (Å²) in [5.74, 6) is -2.31. The number of thiocarbonyl (C=S) groups is 1. The van der Waals surface area contributed by atoms with Gasteiger partial charge in [-0.1, -0.05) is 78.9 Å². The Kier molecular flexibility index (Phi) is 11.9. The molecule has 5 N–H and O–H groups in total. The lowest BCUT2D eigenvalue weighted by Gasteiger charge is -2.22. The second kappa shape index (κ2) is 15.9. The van der Waals surface area contributed by atoms with E-state index in [2.05, 4.69) is 26.6 Å². The van der Waals surface area contributed by atoms with E-state index in [0.29, 0.717) is 24.4 Å². The zero-order valence-corrected chi connectivity index (χ0v) is 22.8. The summed E-state index contributed by atoms with van der Waals surface area (Å²) >= 11 is 5.36. The Balaban J connectivity index is 1.61. The van der Waals surface area contributed by atoms with Crippen molar-refractivity contribution >= 4 is 46.2 Å². The minimum Gasteiger partial charge on any atom is -0.383 e. The van der Waals surface area contributed by atoms with Crippen LogP contribution in [0.25, 0.3) is 0 Å². The number of carbonyl (C=O) groups is 3. The van der Waals surface area contributed by atoms with Gasteiger partial charge in [0, 0.05) is 42.4 Å². The second-order valence-electron chi connectivity index (χ2n) is 8.96. The van der Waals surface area contributed by atoms with Crippen LogP contribution in [0.3, 0.4) is 0 Å². The Morgan fingerprint density at radius 1 is 0.641 bits per heavy atom. The molecule has 9 heteroatoms. The van der Waals surface area contributed by atoms with Crippen LogP contribution in [0.2, 0.25) is 0 Å². The van der Waals surface area contributed by atoms with Crippen molar-refractivity contribution in [3.05, 3.63) is 96.6 Å². The van der Waals surface area contributed by atoms with Crippen molar-refractivity contribution in [2.45, 2.75) is 19.4 Å². The van der Waals surface area contributed by atoms with E-state index in [1.165, 1.54) is 0 Å². The van der Waals surface area contributed by atoms with Gasteiger partial charge in [0.2, 0.25) is 5.91 Å². The molecule has 0 fully saturated rings. The van der Waals surface area contributed by atoms with E-state index in [0.717, 1.165) is 16.9 Å². The third-order valence-corrected chi connectivity index (χ3v) is 6.24. The lowest BCUT2D eigenvalue weighted by atomic mass is 9.95. The molecule has 3 aromatic carbocycles. The molecule has 0 aliphatic heterocycles. The number of anilines is 2. The summed E-state index contributed by atoms with van der Waals surface area (Å²) in [6.07, 6.45) is 0.375. The minimum atomic E-state index is -1.40. The van der Waals surface area contributed by atoms with E-state index >= 15 is 0 Å². The Morgan fingerprint density at radius 3 is 1.51 bits per heavy atom. The van der Waals surface area contributed by atoms with E-state index in [1.54, 1.807) is 6.92 Å². The zero-order chi connectivity index (χ0) is 27.9. The van der Waals surface area contributed by atoms with Gasteiger partial charge in [-0.05, 0) is 43.2 Å². The Hall–Kier alpha value is -4.24. The molecule has 3 aromatic rings. The van der Waals surface area contributed by atoms with Crippen LogP contribution < -0.4 is 26.6 Å². The topological polar surface area (TPSA) is 111 Å². The molecule has 3 amide bonds. The van der Waals surface area contributed by atoms with Crippen LogP contribution in [0.5, 0.6) is 0 Å². The number of hydrogen-bond donors (Lipinski definition) is 5. The number of hydrogen-bond acceptors (Lipinski definition) is 6. The van der Waals surface area contributed by atoms with E-state index in [4.69, 9.17) is 12.2 Å². The zero-order valence-electron chi connectivity index (χ0n) is 22.0. The van der Waals surface area contributed by atoms with Gasteiger partial charge < -0.3 is 26.6 Å². The van der Waals surface area contributed by atoms with Crippen LogP contribution in [0.4, 0.5) is 11.4 Å². The fourth-order valence-corrected chi connectivity index (χ4v) is 4.06. The first-order chi connectivity index (χ1) is 18.9. The van der Waals surface area contributed by atoms with Crippen molar-refractivity contribution in [3.63, 3.8) is 0 Å². The maximum absolute atomic E-state index is 13.3. The van der Waals surface area contributed by atoms with Crippen molar-refractivity contribution in [3.8, 4) is 0 Å². The number of nitrogens with one attached hydrogen (secondary N) is 5. The Labute approximate surface area is 235 Å². The minimum absolute atomic E-state index is 0.266. The molecule has 204 valence electrons. The summed E-state index contributed by atoms with van der Waals surface area (Å²) in [4.78, 5) is 39.9. The van der Waals surface area contributed by atoms with Gasteiger partial charge in [-0.25, -0.2) is 0 Å². The summed E-state index contributed by atoms with van der Waals surface area (Å²) < 4.78 is 0. The van der Waals surface area contributed by atoms with Crippen molar-refractivity contribution in [1.29, 1.82) is 0 Å². The van der Waals surface area contributed by atoms with Crippen LogP contribution >= 0.6 is 12.2 Å². The predicted octanol–water partition coefficient (Wildman–Crippen LogP) is 3.18. The predicted molar refractivity (Wildman–Crippen MR) is 160 cm³/mol. The standard InChI is InChI=1S/C30H35N5O3S/c1-22(39)26(21-23-11-5-2-6-12-23)28(36)35-27(29(37)33-19-17-31-24-13-7-3-8-14-24)30(38)34-20-18-32-25-15-9-4-10-16-25/h2-16,26-27,31-32H,17-21H2,1H3,(H,33,37)(H,34,38)(H,35,36). The van der Waals surface area contributed by atoms with Crippen molar-refractivity contribution in [2.75, 3.05) is 36.8 Å². The van der Waals surface area contributed by atoms with Crippen LogP contribution in [0.1, 0.15) is 12.5 Å². The van der Waals surface area contributed by atoms with Gasteiger partial charge in [-0.3, -0.25) is 14.4 Å². The van der Waals surface area contributed by atoms with Gasteiger partial charge in [0.1, 0.15) is 0 Å². The molecule has 0 aliphatic rings. The quantitative estimate of drug-likeness (QED) is 0.114. The highest BCUT2D eigenvalue weighted by atomic mass is 32.1. The lowest BCUT2D eigenvalue weighted by Crippen LogP contribution is -2.57. The molecule has 8 nitrogen and oxygen atoms in total. The average molecular weight is 546 g/mol. The van der Waals surface area contributed by atoms with E-state index in [-0.39, 0.29) is 13.1 Å². The molecular weight excluding hydrogens is 510 g/mol. The SMILES string of the molecule is CC(=S)C(Cc1ccccc1)C(=O)NC(C(=O)NCCNc1ccccc1)C(=O)NCCNc1ccccc1. The molecule has 0 aromatic heterocycles. The average Bonchev–Trinajstić information content (AvgIpc) is 2.96. The summed E-state index contributed by atoms with van der Waals surface area (Å²) in [7, 11) is 0. The third kappa shape index (κ3) is 10.2. The van der Waals surface area contributed by atoms with Gasteiger partial charge >= 0.3 is 0 Å². The molecule has 1 unspecified atom stereocenters. The Morgan fingerprint density at radius 2 is 1.08 bits per heavy atom. The number of amides is 3. The molecule has 0 aliphatic carbocycles. The molecule has 0 spiro atoms. The summed E-state index contributed by atoms with van der Waals surface area (Å²) in [6.45, 7) is 3.14. The molecule has 39 heavy (non-hydrogen) atoms. The molecule has 0 radical (unpaired) electrons. The van der Waals surface area contributed by atoms with Crippen LogP contribution in [0, 0.1) is 5.92 Å². The fourth-order valence-electron chi connectivity index (χ4n) is 3.87. The number of benzene rings is 3. The monoisotopic (exact) mass is 545 g/mol. The molecule has 3 rings (SSSR count). The first kappa shape index (κ1) is 29.3. The summed E-state index contributed by atoms with van der Waals surface area (Å²) in [6, 6.07) is 27.2. The van der Waals surface area contributed by atoms with Crippen molar-refractivity contribution < 1.29 is 14.4 Å². The highest BCUT2D eigenvalue weighted by Crippen LogP contribution is 2.12. The van der Waals surface area contributed by atoms with Gasteiger partial charge in [-0.2, -0.15) is 0 Å². The van der Waals surface area contributed by atoms with Crippen LogP contribution in [0.15, 0.2) is 91.0 Å². The van der Waals surface area contributed by atoms with Gasteiger partial charge in [0.05, 0.1) is 5.92 Å². The fraction of sp³-hybridized carbons (Fsp3) is 0.267. The van der Waals surface area contributed by atoms with E-state index in [9.17, 15) is 14.4 Å². The molecule has 1 atom stereocenters. The Bertz CT molecular complexity index is 1150. The second-order valence-corrected chi connectivity index (χ2v) is 9.61. The van der Waals surface area contributed by atoms with Crippen molar-refractivity contribution in [2.24, 2.45) is 5.92 Å². The van der Waals surface area contributed by atoms with Gasteiger partial charge in [0.15, 0.2) is 6.04 Å². The maximum atomic E-state index is 13.3. The van der Waals surface area contributed by atoms with E-state index in [1.807, 2.05) is 91.0 Å². The lowest BCUT2D eigenvalue weighted by molar-refractivity contribution is -0.137. The normalized spacial score (nSPS) is 11.2. The first-order valence-corrected chi connectivity index (χ1v) is 13.3. The highest BCUT2D eigenvalue weighted by molar-refractivity contribution is 7.80. The summed E-state index contributed by atoms with van der Waals surface area (Å²) in [5, 5.41) is 14.5. The molecule has 0 bridgehead atoms. The highest BCUT2D eigenvalue weighted by Gasteiger charge is 2.31. The smallest absolute Gasteiger partial charge is 0.252 e. The molecular formula is C30H35N5O3S. The number of para-hydroxylation sites is 2. The molecule has 0 heterocycles. The largest absolute Gasteiger partial charge is 0.383 e.